The van der Waals surface area contributed by atoms with Crippen molar-refractivity contribution in [2.75, 3.05) is 7.05 Å². The number of aromatic nitrogens is 1. The van der Waals surface area contributed by atoms with E-state index in [0.717, 1.165) is 35.3 Å². The predicted octanol–water partition coefficient (Wildman–Crippen LogP) is 4.35. The van der Waals surface area contributed by atoms with Crippen LogP contribution in [0, 0.1) is 13.8 Å². The van der Waals surface area contributed by atoms with Gasteiger partial charge < -0.3 is 10.6 Å². The summed E-state index contributed by atoms with van der Waals surface area (Å²) in [7, 11) is 1.80. The molecule has 0 aliphatic heterocycles. The molecule has 25 heavy (non-hydrogen) atoms. The second kappa shape index (κ2) is 8.27. The minimum absolute atomic E-state index is 0.722. The van der Waals surface area contributed by atoms with Crippen molar-refractivity contribution < 1.29 is 0 Å². The molecule has 0 spiro atoms. The first-order valence-electron chi connectivity index (χ1n) is 8.16. The smallest absolute Gasteiger partial charge is 0.191 e. The molecule has 0 aliphatic rings. The third-order valence-corrected chi connectivity index (χ3v) is 6.17. The van der Waals surface area contributed by atoms with E-state index in [2.05, 4.69) is 53.1 Å². The van der Waals surface area contributed by atoms with Gasteiger partial charge in [0.2, 0.25) is 0 Å². The standard InChI is InChI=1S/C19H22N4S2/c1-13-9-10-24-16(13)11-21-19(20-3)22-12-17-14(2)23-18(25-17)15-7-5-4-6-8-15/h4-10H,11-12H2,1-3H3,(H2,20,21,22). The van der Waals surface area contributed by atoms with E-state index in [9.17, 15) is 0 Å². The van der Waals surface area contributed by atoms with Crippen LogP contribution >= 0.6 is 22.7 Å². The fourth-order valence-electron chi connectivity index (χ4n) is 2.43. The number of aryl methyl sites for hydroxylation is 2. The maximum atomic E-state index is 4.70. The number of hydrogen-bond donors (Lipinski definition) is 2. The Balaban J connectivity index is 1.60. The van der Waals surface area contributed by atoms with E-state index < -0.39 is 0 Å². The van der Waals surface area contributed by atoms with Crippen molar-refractivity contribution in [3.63, 3.8) is 0 Å². The Morgan fingerprint density at radius 3 is 2.40 bits per heavy atom. The molecule has 0 radical (unpaired) electrons. The molecule has 3 rings (SSSR count). The molecule has 6 heteroatoms. The molecule has 0 saturated heterocycles. The van der Waals surface area contributed by atoms with E-state index >= 15 is 0 Å². The van der Waals surface area contributed by atoms with Crippen LogP contribution in [0.2, 0.25) is 0 Å². The molecule has 2 aromatic heterocycles. The average Bonchev–Trinajstić information content (AvgIpc) is 3.21. The van der Waals surface area contributed by atoms with Crippen LogP contribution in [0.4, 0.5) is 0 Å². The van der Waals surface area contributed by atoms with Gasteiger partial charge in [-0.1, -0.05) is 30.3 Å². The molecular formula is C19H22N4S2. The Kier molecular flexibility index (Phi) is 5.83. The SMILES string of the molecule is CN=C(NCc1sccc1C)NCc1sc(-c2ccccc2)nc1C. The lowest BCUT2D eigenvalue weighted by atomic mass is 10.2. The van der Waals surface area contributed by atoms with Crippen molar-refractivity contribution in [3.05, 3.63) is 62.8 Å². The van der Waals surface area contributed by atoms with Crippen LogP contribution < -0.4 is 10.6 Å². The van der Waals surface area contributed by atoms with Crippen LogP contribution in [-0.2, 0) is 13.1 Å². The van der Waals surface area contributed by atoms with Gasteiger partial charge in [0, 0.05) is 22.4 Å². The lowest BCUT2D eigenvalue weighted by Crippen LogP contribution is -2.36. The summed E-state index contributed by atoms with van der Waals surface area (Å²) in [5, 5.41) is 9.94. The van der Waals surface area contributed by atoms with E-state index in [1.165, 1.54) is 15.3 Å². The zero-order valence-electron chi connectivity index (χ0n) is 14.7. The highest BCUT2D eigenvalue weighted by Gasteiger charge is 2.10. The van der Waals surface area contributed by atoms with E-state index in [-0.39, 0.29) is 0 Å². The summed E-state index contributed by atoms with van der Waals surface area (Å²) < 4.78 is 0. The summed E-state index contributed by atoms with van der Waals surface area (Å²) in [6.45, 7) is 5.71. The second-order valence-corrected chi connectivity index (χ2v) is 7.78. The Morgan fingerprint density at radius 1 is 1.04 bits per heavy atom. The highest BCUT2D eigenvalue weighted by Crippen LogP contribution is 2.27. The topological polar surface area (TPSA) is 49.3 Å². The van der Waals surface area contributed by atoms with E-state index in [1.807, 2.05) is 18.2 Å². The fraction of sp³-hybridized carbons (Fsp3) is 0.263. The Labute approximate surface area is 156 Å². The third-order valence-electron chi connectivity index (χ3n) is 3.94. The van der Waals surface area contributed by atoms with E-state index in [1.54, 1.807) is 29.7 Å². The molecule has 0 amide bonds. The maximum Gasteiger partial charge on any atom is 0.191 e. The summed E-state index contributed by atoms with van der Waals surface area (Å²) in [6, 6.07) is 12.4. The van der Waals surface area contributed by atoms with Crippen molar-refractivity contribution in [1.29, 1.82) is 0 Å². The average molecular weight is 371 g/mol. The normalized spacial score (nSPS) is 11.6. The van der Waals surface area contributed by atoms with E-state index in [0.29, 0.717) is 0 Å². The van der Waals surface area contributed by atoms with Gasteiger partial charge in [0.05, 0.1) is 18.8 Å². The number of guanidine groups is 1. The van der Waals surface area contributed by atoms with Gasteiger partial charge in [0.15, 0.2) is 5.96 Å². The van der Waals surface area contributed by atoms with Crippen LogP contribution in [0.25, 0.3) is 10.6 Å². The molecular weight excluding hydrogens is 348 g/mol. The molecule has 0 aliphatic carbocycles. The van der Waals surface area contributed by atoms with Gasteiger partial charge in [-0.05, 0) is 30.9 Å². The third kappa shape index (κ3) is 4.46. The molecule has 0 fully saturated rings. The Hall–Kier alpha value is -2.18. The molecule has 1 aromatic carbocycles. The maximum absolute atomic E-state index is 4.70. The van der Waals surface area contributed by atoms with Crippen LogP contribution in [0.5, 0.6) is 0 Å². The van der Waals surface area contributed by atoms with Gasteiger partial charge in [-0.15, -0.1) is 22.7 Å². The second-order valence-electron chi connectivity index (χ2n) is 5.70. The van der Waals surface area contributed by atoms with Crippen molar-refractivity contribution in [2.24, 2.45) is 4.99 Å². The number of benzene rings is 1. The highest BCUT2D eigenvalue weighted by atomic mass is 32.1. The molecule has 2 N–H and O–H groups in total. The molecule has 0 unspecified atom stereocenters. The molecule has 4 nitrogen and oxygen atoms in total. The number of nitrogens with one attached hydrogen (secondary N) is 2. The first kappa shape index (κ1) is 17.6. The Morgan fingerprint density at radius 2 is 1.76 bits per heavy atom. The number of aliphatic imine (C=N–C) groups is 1. The van der Waals surface area contributed by atoms with Crippen LogP contribution in [-0.4, -0.2) is 18.0 Å². The largest absolute Gasteiger partial charge is 0.352 e. The molecule has 2 heterocycles. The van der Waals surface area contributed by atoms with Gasteiger partial charge in [0.1, 0.15) is 5.01 Å². The molecule has 0 saturated carbocycles. The van der Waals surface area contributed by atoms with Crippen LogP contribution in [0.15, 0.2) is 46.8 Å². The zero-order chi connectivity index (χ0) is 17.6. The molecule has 0 atom stereocenters. The minimum atomic E-state index is 0.722. The zero-order valence-corrected chi connectivity index (χ0v) is 16.3. The summed E-state index contributed by atoms with van der Waals surface area (Å²) in [4.78, 5) is 11.6. The number of thiazole rings is 1. The van der Waals surface area contributed by atoms with Gasteiger partial charge in [-0.3, -0.25) is 4.99 Å². The van der Waals surface area contributed by atoms with Gasteiger partial charge >= 0.3 is 0 Å². The molecule has 3 aromatic rings. The number of thiophene rings is 1. The highest BCUT2D eigenvalue weighted by molar-refractivity contribution is 7.15. The lowest BCUT2D eigenvalue weighted by molar-refractivity contribution is 0.816. The first-order valence-corrected chi connectivity index (χ1v) is 9.86. The lowest BCUT2D eigenvalue weighted by Gasteiger charge is -2.11. The summed E-state index contributed by atoms with van der Waals surface area (Å²) >= 11 is 3.50. The molecule has 0 bridgehead atoms. The van der Waals surface area contributed by atoms with E-state index in [4.69, 9.17) is 4.98 Å². The first-order chi connectivity index (χ1) is 12.2. The number of rotatable bonds is 5. The van der Waals surface area contributed by atoms with Crippen molar-refractivity contribution >= 4 is 28.6 Å². The monoisotopic (exact) mass is 370 g/mol. The fourth-order valence-corrected chi connectivity index (χ4v) is 4.28. The summed E-state index contributed by atoms with van der Waals surface area (Å²) in [6.07, 6.45) is 0. The van der Waals surface area contributed by atoms with Crippen LogP contribution in [0.1, 0.15) is 21.0 Å². The summed E-state index contributed by atoms with van der Waals surface area (Å²) in [5.41, 5.74) is 3.55. The van der Waals surface area contributed by atoms with Crippen molar-refractivity contribution in [1.82, 2.24) is 15.6 Å². The minimum Gasteiger partial charge on any atom is -0.352 e. The quantitative estimate of drug-likeness (QED) is 0.518. The number of nitrogens with zero attached hydrogens (tertiary/aromatic N) is 2. The van der Waals surface area contributed by atoms with Crippen molar-refractivity contribution in [3.8, 4) is 10.6 Å². The molecule has 130 valence electrons. The van der Waals surface area contributed by atoms with Gasteiger partial charge in [-0.2, -0.15) is 0 Å². The van der Waals surface area contributed by atoms with Gasteiger partial charge in [0.25, 0.3) is 0 Å². The number of hydrogen-bond acceptors (Lipinski definition) is 4. The Bertz CT molecular complexity index is 849. The van der Waals surface area contributed by atoms with Crippen LogP contribution in [0.3, 0.4) is 0 Å². The van der Waals surface area contributed by atoms with Crippen molar-refractivity contribution in [2.45, 2.75) is 26.9 Å². The van der Waals surface area contributed by atoms with Gasteiger partial charge in [-0.25, -0.2) is 4.98 Å². The summed E-state index contributed by atoms with van der Waals surface area (Å²) in [5.74, 6) is 0.807. The predicted molar refractivity (Wildman–Crippen MR) is 108 cm³/mol.